The van der Waals surface area contributed by atoms with E-state index in [9.17, 15) is 9.90 Å². The molecule has 1 fully saturated rings. The number of amides is 1. The van der Waals surface area contributed by atoms with E-state index >= 15 is 0 Å². The number of nitrogens with one attached hydrogen (secondary N) is 1. The van der Waals surface area contributed by atoms with Crippen LogP contribution in [0.15, 0.2) is 18.2 Å². The van der Waals surface area contributed by atoms with Gasteiger partial charge in [-0.3, -0.25) is 4.79 Å². The third-order valence-corrected chi connectivity index (χ3v) is 4.71. The van der Waals surface area contributed by atoms with Crippen molar-refractivity contribution in [3.8, 4) is 5.75 Å². The van der Waals surface area contributed by atoms with E-state index in [2.05, 4.69) is 12.2 Å². The average Bonchev–Trinajstić information content (AvgIpc) is 2.48. The van der Waals surface area contributed by atoms with Crippen LogP contribution in [-0.2, 0) is 4.79 Å². The van der Waals surface area contributed by atoms with Gasteiger partial charge in [-0.05, 0) is 43.7 Å². The van der Waals surface area contributed by atoms with Gasteiger partial charge < -0.3 is 10.4 Å². The molecular formula is C17H24ClNO2. The first-order valence-corrected chi connectivity index (χ1v) is 8.27. The van der Waals surface area contributed by atoms with E-state index in [1.807, 2.05) is 0 Å². The standard InChI is InChI=1S/C17H24ClNO2/c1-2-3-4-12-5-7-13(8-6-12)17(21)19-16-10-9-14(20)11-15(16)18/h9-13,20H,2-8H2,1H3,(H,19,21). The van der Waals surface area contributed by atoms with Crippen LogP contribution in [-0.4, -0.2) is 11.0 Å². The highest BCUT2D eigenvalue weighted by molar-refractivity contribution is 6.33. The zero-order valence-electron chi connectivity index (χ0n) is 12.6. The maximum atomic E-state index is 12.3. The summed E-state index contributed by atoms with van der Waals surface area (Å²) < 4.78 is 0. The largest absolute Gasteiger partial charge is 0.508 e. The number of carbonyl (C=O) groups excluding carboxylic acids is 1. The van der Waals surface area contributed by atoms with E-state index in [1.165, 1.54) is 31.4 Å². The fraction of sp³-hybridized carbons (Fsp3) is 0.588. The van der Waals surface area contributed by atoms with Crippen molar-refractivity contribution in [2.24, 2.45) is 11.8 Å². The molecule has 0 unspecified atom stereocenters. The van der Waals surface area contributed by atoms with Gasteiger partial charge in [0.05, 0.1) is 10.7 Å². The number of phenolic OH excluding ortho intramolecular Hbond substituents is 1. The van der Waals surface area contributed by atoms with Gasteiger partial charge in [-0.25, -0.2) is 0 Å². The molecule has 1 aliphatic carbocycles. The van der Waals surface area contributed by atoms with E-state index in [-0.39, 0.29) is 17.6 Å². The fourth-order valence-corrected chi connectivity index (χ4v) is 3.27. The van der Waals surface area contributed by atoms with Gasteiger partial charge in [0.2, 0.25) is 5.91 Å². The molecule has 0 bridgehead atoms. The second-order valence-corrected chi connectivity index (χ2v) is 6.42. The lowest BCUT2D eigenvalue weighted by Crippen LogP contribution is -2.27. The molecule has 1 aromatic carbocycles. The van der Waals surface area contributed by atoms with Crippen molar-refractivity contribution in [1.82, 2.24) is 0 Å². The number of halogens is 1. The van der Waals surface area contributed by atoms with Gasteiger partial charge in [0.25, 0.3) is 0 Å². The minimum atomic E-state index is 0.0523. The van der Waals surface area contributed by atoms with E-state index in [1.54, 1.807) is 6.07 Å². The van der Waals surface area contributed by atoms with Gasteiger partial charge in [0, 0.05) is 12.0 Å². The second-order valence-electron chi connectivity index (χ2n) is 6.01. The molecule has 0 aliphatic heterocycles. The average molecular weight is 310 g/mol. The summed E-state index contributed by atoms with van der Waals surface area (Å²) in [6.45, 7) is 2.22. The van der Waals surface area contributed by atoms with Crippen molar-refractivity contribution in [3.63, 3.8) is 0 Å². The van der Waals surface area contributed by atoms with Crippen molar-refractivity contribution >= 4 is 23.2 Å². The molecule has 2 N–H and O–H groups in total. The van der Waals surface area contributed by atoms with Crippen LogP contribution < -0.4 is 5.32 Å². The Morgan fingerprint density at radius 3 is 2.67 bits per heavy atom. The van der Waals surface area contributed by atoms with Crippen LogP contribution >= 0.6 is 11.6 Å². The van der Waals surface area contributed by atoms with Gasteiger partial charge in [0.15, 0.2) is 0 Å². The molecule has 1 aromatic rings. The molecule has 1 saturated carbocycles. The molecule has 1 aliphatic rings. The van der Waals surface area contributed by atoms with Crippen molar-refractivity contribution in [3.05, 3.63) is 23.2 Å². The lowest BCUT2D eigenvalue weighted by Gasteiger charge is -2.27. The van der Waals surface area contributed by atoms with Gasteiger partial charge in [-0.2, -0.15) is 0 Å². The first-order chi connectivity index (χ1) is 10.1. The SMILES string of the molecule is CCCCC1CCC(C(=O)Nc2ccc(O)cc2Cl)CC1. The van der Waals surface area contributed by atoms with Crippen LogP contribution in [0.25, 0.3) is 0 Å². The second kappa shape index (κ2) is 7.69. The fourth-order valence-electron chi connectivity index (χ4n) is 3.05. The number of anilines is 1. The molecule has 0 saturated heterocycles. The monoisotopic (exact) mass is 309 g/mol. The molecule has 21 heavy (non-hydrogen) atoms. The summed E-state index contributed by atoms with van der Waals surface area (Å²) in [4.78, 5) is 12.3. The van der Waals surface area contributed by atoms with Crippen LogP contribution in [0.5, 0.6) is 5.75 Å². The quantitative estimate of drug-likeness (QED) is 0.753. The van der Waals surface area contributed by atoms with E-state index in [0.29, 0.717) is 10.7 Å². The number of rotatable bonds is 5. The number of phenols is 1. The number of aromatic hydroxyl groups is 1. The summed E-state index contributed by atoms with van der Waals surface area (Å²) in [6, 6.07) is 4.62. The molecule has 4 heteroatoms. The van der Waals surface area contributed by atoms with Gasteiger partial charge in [-0.15, -0.1) is 0 Å². The Bertz CT molecular complexity index is 482. The summed E-state index contributed by atoms with van der Waals surface area (Å²) in [5, 5.41) is 12.6. The van der Waals surface area contributed by atoms with Gasteiger partial charge >= 0.3 is 0 Å². The van der Waals surface area contributed by atoms with Crippen LogP contribution in [0.4, 0.5) is 5.69 Å². The lowest BCUT2D eigenvalue weighted by atomic mass is 9.79. The summed E-state index contributed by atoms with van der Waals surface area (Å²) in [6.07, 6.45) is 8.09. The lowest BCUT2D eigenvalue weighted by molar-refractivity contribution is -0.121. The molecule has 3 nitrogen and oxygen atoms in total. The summed E-state index contributed by atoms with van der Waals surface area (Å²) in [7, 11) is 0. The van der Waals surface area contributed by atoms with E-state index in [0.717, 1.165) is 31.6 Å². The van der Waals surface area contributed by atoms with E-state index < -0.39 is 0 Å². The highest BCUT2D eigenvalue weighted by Crippen LogP contribution is 2.33. The first-order valence-electron chi connectivity index (χ1n) is 7.89. The normalized spacial score (nSPS) is 22.0. The number of hydrogen-bond acceptors (Lipinski definition) is 2. The predicted octanol–water partition coefficient (Wildman–Crippen LogP) is 4.98. The molecule has 116 valence electrons. The highest BCUT2D eigenvalue weighted by Gasteiger charge is 2.26. The molecule has 2 rings (SSSR count). The highest BCUT2D eigenvalue weighted by atomic mass is 35.5. The van der Waals surface area contributed by atoms with Gasteiger partial charge in [-0.1, -0.05) is 37.8 Å². The van der Waals surface area contributed by atoms with Crippen molar-refractivity contribution < 1.29 is 9.90 Å². The van der Waals surface area contributed by atoms with Crippen LogP contribution in [0.2, 0.25) is 5.02 Å². The number of hydrogen-bond donors (Lipinski definition) is 2. The third kappa shape index (κ3) is 4.63. The summed E-state index contributed by atoms with van der Waals surface area (Å²) in [5.41, 5.74) is 0.576. The van der Waals surface area contributed by atoms with E-state index in [4.69, 9.17) is 11.6 Å². The third-order valence-electron chi connectivity index (χ3n) is 4.39. The Labute approximate surface area is 131 Å². The van der Waals surface area contributed by atoms with Crippen LogP contribution in [0.1, 0.15) is 51.9 Å². The van der Waals surface area contributed by atoms with Crippen molar-refractivity contribution in [2.75, 3.05) is 5.32 Å². The minimum absolute atomic E-state index is 0.0523. The summed E-state index contributed by atoms with van der Waals surface area (Å²) >= 11 is 6.02. The zero-order chi connectivity index (χ0) is 15.2. The van der Waals surface area contributed by atoms with Crippen LogP contribution in [0.3, 0.4) is 0 Å². The topological polar surface area (TPSA) is 49.3 Å². The number of carbonyl (C=O) groups is 1. The molecular weight excluding hydrogens is 286 g/mol. The Morgan fingerprint density at radius 1 is 1.33 bits per heavy atom. The minimum Gasteiger partial charge on any atom is -0.508 e. The molecule has 1 amide bonds. The van der Waals surface area contributed by atoms with Gasteiger partial charge in [0.1, 0.15) is 5.75 Å². The molecule has 0 spiro atoms. The van der Waals surface area contributed by atoms with Crippen molar-refractivity contribution in [1.29, 1.82) is 0 Å². The zero-order valence-corrected chi connectivity index (χ0v) is 13.3. The smallest absolute Gasteiger partial charge is 0.227 e. The first kappa shape index (κ1) is 16.2. The Balaban J connectivity index is 1.84. The Kier molecular flexibility index (Phi) is 5.92. The predicted molar refractivity (Wildman–Crippen MR) is 86.7 cm³/mol. The molecule has 0 heterocycles. The maximum absolute atomic E-state index is 12.3. The maximum Gasteiger partial charge on any atom is 0.227 e. The summed E-state index contributed by atoms with van der Waals surface area (Å²) in [5.74, 6) is 1.05. The number of unbranched alkanes of at least 4 members (excludes halogenated alkanes) is 1. The number of benzene rings is 1. The van der Waals surface area contributed by atoms with Crippen molar-refractivity contribution in [2.45, 2.75) is 51.9 Å². The molecule has 0 radical (unpaired) electrons. The Morgan fingerprint density at radius 2 is 2.05 bits per heavy atom. The van der Waals surface area contributed by atoms with Crippen LogP contribution in [0, 0.1) is 11.8 Å². The molecule has 0 aromatic heterocycles. The Hall–Kier alpha value is -1.22. The molecule has 0 atom stereocenters.